The highest BCUT2D eigenvalue weighted by atomic mass is 35.5. The molecular weight excluding hydrogens is 334 g/mol. The molecule has 23 heavy (non-hydrogen) atoms. The highest BCUT2D eigenvalue weighted by Gasteiger charge is 2.15. The van der Waals surface area contributed by atoms with E-state index in [0.717, 1.165) is 27.7 Å². The van der Waals surface area contributed by atoms with E-state index >= 15 is 0 Å². The van der Waals surface area contributed by atoms with Crippen LogP contribution in [0.5, 0.6) is 0 Å². The fourth-order valence-electron chi connectivity index (χ4n) is 2.93. The number of hydrogen-bond donors (Lipinski definition) is 0. The van der Waals surface area contributed by atoms with E-state index in [2.05, 4.69) is 4.98 Å². The number of benzene rings is 2. The fourth-order valence-corrected chi connectivity index (χ4v) is 3.31. The van der Waals surface area contributed by atoms with Crippen LogP contribution >= 0.6 is 23.2 Å². The second kappa shape index (κ2) is 5.22. The molecule has 0 unspecified atom stereocenters. The molecule has 2 aromatic carbocycles. The highest BCUT2D eigenvalue weighted by Crippen LogP contribution is 2.34. The number of aromatic nitrogens is 2. The van der Waals surface area contributed by atoms with E-state index in [9.17, 15) is 4.39 Å². The number of hydrogen-bond acceptors (Lipinski definition) is 1. The van der Waals surface area contributed by atoms with Crippen LogP contribution in [0, 0.1) is 12.7 Å². The Morgan fingerprint density at radius 1 is 1.00 bits per heavy atom. The Hall–Kier alpha value is -2.10. The SMILES string of the molecule is Cc1nc2c(F)cccc2c2c1ccn2-c1cccc(Cl)c1Cl. The Balaban J connectivity index is 2.19. The first-order valence-electron chi connectivity index (χ1n) is 7.08. The number of halogens is 3. The van der Waals surface area contributed by atoms with Gasteiger partial charge in [0.05, 0.1) is 21.2 Å². The van der Waals surface area contributed by atoms with E-state index in [1.165, 1.54) is 6.07 Å². The molecule has 2 nitrogen and oxygen atoms in total. The third kappa shape index (κ3) is 2.12. The lowest BCUT2D eigenvalue weighted by Crippen LogP contribution is -1.97. The summed E-state index contributed by atoms with van der Waals surface area (Å²) in [6.07, 6.45) is 1.90. The minimum Gasteiger partial charge on any atom is -0.314 e. The standard InChI is InChI=1S/C18H11Cl2FN2/c1-10-11-8-9-23(15-7-3-5-13(19)16(15)20)18(11)12-4-2-6-14(21)17(12)22-10/h2-9H,1H3. The second-order valence-electron chi connectivity index (χ2n) is 5.35. The quantitative estimate of drug-likeness (QED) is 0.418. The monoisotopic (exact) mass is 344 g/mol. The molecule has 0 fully saturated rings. The van der Waals surface area contributed by atoms with Gasteiger partial charge in [-0.15, -0.1) is 0 Å². The molecule has 2 aromatic heterocycles. The van der Waals surface area contributed by atoms with Crippen molar-refractivity contribution in [3.63, 3.8) is 0 Å². The summed E-state index contributed by atoms with van der Waals surface area (Å²) in [6.45, 7) is 1.87. The minimum atomic E-state index is -0.336. The van der Waals surface area contributed by atoms with E-state index < -0.39 is 0 Å². The van der Waals surface area contributed by atoms with Crippen LogP contribution in [-0.4, -0.2) is 9.55 Å². The molecule has 0 atom stereocenters. The molecule has 0 radical (unpaired) electrons. The van der Waals surface area contributed by atoms with Gasteiger partial charge in [-0.3, -0.25) is 0 Å². The molecule has 5 heteroatoms. The van der Waals surface area contributed by atoms with Crippen LogP contribution < -0.4 is 0 Å². The van der Waals surface area contributed by atoms with Gasteiger partial charge < -0.3 is 4.57 Å². The van der Waals surface area contributed by atoms with Crippen LogP contribution in [0.4, 0.5) is 4.39 Å². The van der Waals surface area contributed by atoms with Crippen LogP contribution in [0.25, 0.3) is 27.5 Å². The summed E-state index contributed by atoms with van der Waals surface area (Å²) in [5.41, 5.74) is 2.76. The molecular formula is C18H11Cl2FN2. The first-order chi connectivity index (χ1) is 11.1. The summed E-state index contributed by atoms with van der Waals surface area (Å²) in [5.74, 6) is -0.336. The van der Waals surface area contributed by atoms with Crippen molar-refractivity contribution in [3.8, 4) is 5.69 Å². The first-order valence-corrected chi connectivity index (χ1v) is 7.84. The number of rotatable bonds is 1. The fraction of sp³-hybridized carbons (Fsp3) is 0.0556. The third-order valence-corrected chi connectivity index (χ3v) is 4.80. The minimum absolute atomic E-state index is 0.336. The van der Waals surface area contributed by atoms with Crippen LogP contribution in [0.1, 0.15) is 5.69 Å². The van der Waals surface area contributed by atoms with Gasteiger partial charge in [-0.05, 0) is 31.2 Å². The number of aryl methyl sites for hydroxylation is 1. The van der Waals surface area contributed by atoms with E-state index in [1.54, 1.807) is 12.1 Å². The van der Waals surface area contributed by atoms with Gasteiger partial charge in [0.15, 0.2) is 0 Å². The van der Waals surface area contributed by atoms with Gasteiger partial charge in [0.2, 0.25) is 0 Å². The van der Waals surface area contributed by atoms with Crippen molar-refractivity contribution in [1.29, 1.82) is 0 Å². The van der Waals surface area contributed by atoms with Crippen molar-refractivity contribution in [3.05, 3.63) is 70.2 Å². The lowest BCUT2D eigenvalue weighted by atomic mass is 10.1. The lowest BCUT2D eigenvalue weighted by molar-refractivity contribution is 0.636. The topological polar surface area (TPSA) is 17.8 Å². The molecule has 0 N–H and O–H groups in total. The van der Waals surface area contributed by atoms with Crippen molar-refractivity contribution < 1.29 is 4.39 Å². The molecule has 0 saturated carbocycles. The summed E-state index contributed by atoms with van der Waals surface area (Å²) in [5, 5.41) is 2.64. The number of nitrogens with zero attached hydrogens (tertiary/aromatic N) is 2. The van der Waals surface area contributed by atoms with E-state index in [1.807, 2.05) is 42.0 Å². The molecule has 0 aliphatic heterocycles. The smallest absolute Gasteiger partial charge is 0.149 e. The molecule has 0 aliphatic carbocycles. The zero-order chi connectivity index (χ0) is 16.1. The van der Waals surface area contributed by atoms with Gasteiger partial charge in [0.25, 0.3) is 0 Å². The zero-order valence-electron chi connectivity index (χ0n) is 12.1. The van der Waals surface area contributed by atoms with Crippen molar-refractivity contribution in [2.75, 3.05) is 0 Å². The largest absolute Gasteiger partial charge is 0.314 e. The molecule has 2 heterocycles. The van der Waals surface area contributed by atoms with Gasteiger partial charge in [-0.25, -0.2) is 9.37 Å². The van der Waals surface area contributed by atoms with Crippen LogP contribution in [0.3, 0.4) is 0 Å². The maximum absolute atomic E-state index is 14.2. The Kier molecular flexibility index (Phi) is 3.29. The predicted octanol–water partition coefficient (Wildman–Crippen LogP) is 5.93. The molecule has 4 aromatic rings. The Morgan fingerprint density at radius 3 is 2.61 bits per heavy atom. The zero-order valence-corrected chi connectivity index (χ0v) is 13.7. The summed E-state index contributed by atoms with van der Waals surface area (Å²) in [4.78, 5) is 4.40. The van der Waals surface area contributed by atoms with Crippen molar-refractivity contribution in [2.24, 2.45) is 0 Å². The molecule has 0 bridgehead atoms. The summed E-state index contributed by atoms with van der Waals surface area (Å²) in [6, 6.07) is 12.4. The van der Waals surface area contributed by atoms with Crippen LogP contribution in [0.15, 0.2) is 48.7 Å². The van der Waals surface area contributed by atoms with Gasteiger partial charge in [-0.1, -0.05) is 41.4 Å². The average molecular weight is 345 g/mol. The Morgan fingerprint density at radius 2 is 1.78 bits per heavy atom. The Bertz CT molecular complexity index is 1070. The second-order valence-corrected chi connectivity index (χ2v) is 6.14. The van der Waals surface area contributed by atoms with Crippen LogP contribution in [-0.2, 0) is 0 Å². The molecule has 0 saturated heterocycles. The first kappa shape index (κ1) is 14.5. The highest BCUT2D eigenvalue weighted by molar-refractivity contribution is 6.43. The summed E-state index contributed by atoms with van der Waals surface area (Å²) < 4.78 is 16.1. The predicted molar refractivity (Wildman–Crippen MR) is 93.3 cm³/mol. The third-order valence-electron chi connectivity index (χ3n) is 3.99. The van der Waals surface area contributed by atoms with Crippen LogP contribution in [0.2, 0.25) is 10.0 Å². The normalized spacial score (nSPS) is 11.5. The van der Waals surface area contributed by atoms with Crippen molar-refractivity contribution in [1.82, 2.24) is 9.55 Å². The van der Waals surface area contributed by atoms with Gasteiger partial charge in [0, 0.05) is 22.7 Å². The van der Waals surface area contributed by atoms with E-state index in [4.69, 9.17) is 23.2 Å². The Labute approximate surface area is 142 Å². The maximum Gasteiger partial charge on any atom is 0.149 e. The van der Waals surface area contributed by atoms with E-state index in [0.29, 0.717) is 15.6 Å². The number of pyridine rings is 1. The number of para-hydroxylation sites is 1. The molecule has 0 spiro atoms. The lowest BCUT2D eigenvalue weighted by Gasteiger charge is -2.11. The van der Waals surface area contributed by atoms with Crippen molar-refractivity contribution in [2.45, 2.75) is 6.92 Å². The molecule has 4 rings (SSSR count). The molecule has 114 valence electrons. The van der Waals surface area contributed by atoms with Crippen molar-refractivity contribution >= 4 is 45.0 Å². The number of fused-ring (bicyclic) bond motifs is 3. The van der Waals surface area contributed by atoms with Gasteiger partial charge in [-0.2, -0.15) is 0 Å². The van der Waals surface area contributed by atoms with E-state index in [-0.39, 0.29) is 5.82 Å². The average Bonchev–Trinajstić information content (AvgIpc) is 2.97. The maximum atomic E-state index is 14.2. The molecule has 0 amide bonds. The summed E-state index contributed by atoms with van der Waals surface area (Å²) in [7, 11) is 0. The van der Waals surface area contributed by atoms with Gasteiger partial charge in [0.1, 0.15) is 11.3 Å². The van der Waals surface area contributed by atoms with Gasteiger partial charge >= 0.3 is 0 Å². The summed E-state index contributed by atoms with van der Waals surface area (Å²) >= 11 is 12.5. The molecule has 0 aliphatic rings.